The van der Waals surface area contributed by atoms with Crippen molar-refractivity contribution in [2.75, 3.05) is 39.6 Å². The second-order valence-corrected chi connectivity index (χ2v) is 27.2. The number of hydrogen-bond donors (Lipinski definition) is 0. The van der Waals surface area contributed by atoms with Gasteiger partial charge in [-0.05, 0) is 148 Å². The smallest absolute Gasteiger partial charge is 0.338 e. The molecule has 3 aromatic rings. The van der Waals surface area contributed by atoms with Gasteiger partial charge in [0.2, 0.25) is 0 Å². The summed E-state index contributed by atoms with van der Waals surface area (Å²) in [5.74, 6) is 1.25. The molecule has 0 aliphatic carbocycles. The van der Waals surface area contributed by atoms with Crippen molar-refractivity contribution in [3.05, 3.63) is 106 Å². The molecule has 3 aromatic carbocycles. The Balaban J connectivity index is 0.00000137. The van der Waals surface area contributed by atoms with Crippen LogP contribution in [0.3, 0.4) is 0 Å². The highest BCUT2D eigenvalue weighted by Crippen LogP contribution is 2.22. The molecule has 0 fully saturated rings. The van der Waals surface area contributed by atoms with Crippen LogP contribution < -0.4 is 0 Å². The van der Waals surface area contributed by atoms with Crippen LogP contribution in [0.15, 0.2) is 72.8 Å². The molecule has 12 nitrogen and oxygen atoms in total. The quantitative estimate of drug-likeness (QED) is 0.0300. The van der Waals surface area contributed by atoms with Gasteiger partial charge in [0.25, 0.3) is 0 Å². The first-order valence-electron chi connectivity index (χ1n) is 37.3. The zero-order valence-electron chi connectivity index (χ0n) is 60.9. The van der Waals surface area contributed by atoms with E-state index in [1.807, 2.05) is 0 Å². The van der Waals surface area contributed by atoms with Crippen molar-refractivity contribution >= 4 is 35.8 Å². The lowest BCUT2D eigenvalue weighted by Crippen LogP contribution is -2.16. The lowest BCUT2D eigenvalue weighted by Gasteiger charge is -2.17. The Morgan fingerprint density at radius 1 is 0.266 bits per heavy atom. The van der Waals surface area contributed by atoms with Crippen LogP contribution in [0.4, 0.5) is 0 Å². The molecular weight excluding hydrogens is 1180 g/mol. The van der Waals surface area contributed by atoms with Gasteiger partial charge in [0.15, 0.2) is 0 Å². The number of hydrogen-bond acceptors (Lipinski definition) is 12. The fourth-order valence-corrected chi connectivity index (χ4v) is 11.1. The number of rotatable bonds is 51. The Kier molecular flexibility index (Phi) is 55.3. The lowest BCUT2D eigenvalue weighted by molar-refractivity contribution is 0.0409. The Hall–Kier alpha value is -5.52. The number of carbonyl (C=O) groups is 6. The van der Waals surface area contributed by atoms with Crippen molar-refractivity contribution in [2.24, 2.45) is 35.5 Å². The summed E-state index contributed by atoms with van der Waals surface area (Å²) in [5.41, 5.74) is 2.44. The van der Waals surface area contributed by atoms with E-state index in [-0.39, 0.29) is 43.2 Å². The third kappa shape index (κ3) is 45.8. The van der Waals surface area contributed by atoms with Crippen molar-refractivity contribution in [2.45, 2.75) is 302 Å². The van der Waals surface area contributed by atoms with Gasteiger partial charge in [0.05, 0.1) is 73.0 Å². The second-order valence-electron chi connectivity index (χ2n) is 27.2. The average molecular weight is 1310 g/mol. The minimum Gasteiger partial charge on any atom is -0.462 e. The normalized spacial score (nSPS) is 11.9. The summed E-state index contributed by atoms with van der Waals surface area (Å²) in [6, 6.07) is 20.0. The van der Waals surface area contributed by atoms with Gasteiger partial charge in [-0.1, -0.05) is 263 Å². The van der Waals surface area contributed by atoms with Crippen molar-refractivity contribution < 1.29 is 57.2 Å². The topological polar surface area (TPSA) is 158 Å². The molecular formula is C82H136O12. The molecule has 0 aliphatic rings. The predicted octanol–water partition coefficient (Wildman–Crippen LogP) is 23.4. The fourth-order valence-electron chi connectivity index (χ4n) is 11.1. The number of carbonyl (C=O) groups excluding carboxylic acids is 6. The van der Waals surface area contributed by atoms with Crippen LogP contribution in [-0.4, -0.2) is 75.5 Å². The Morgan fingerprint density at radius 3 is 0.691 bits per heavy atom. The molecule has 0 aromatic heterocycles. The van der Waals surface area contributed by atoms with Gasteiger partial charge >= 0.3 is 35.8 Å². The van der Waals surface area contributed by atoms with E-state index in [0.717, 1.165) is 114 Å². The first-order chi connectivity index (χ1) is 44.9. The van der Waals surface area contributed by atoms with Crippen LogP contribution >= 0.6 is 0 Å². The van der Waals surface area contributed by atoms with E-state index >= 15 is 0 Å². The van der Waals surface area contributed by atoms with Crippen LogP contribution in [0.2, 0.25) is 0 Å². The van der Waals surface area contributed by atoms with Gasteiger partial charge in [-0.15, -0.1) is 0 Å². The van der Waals surface area contributed by atoms with Gasteiger partial charge in [0.1, 0.15) is 0 Å². The number of benzene rings is 3. The molecule has 0 amide bonds. The summed E-state index contributed by atoms with van der Waals surface area (Å²) in [7, 11) is 0. The third-order valence-electron chi connectivity index (χ3n) is 16.8. The molecule has 0 heterocycles. The molecule has 3 unspecified atom stereocenters. The van der Waals surface area contributed by atoms with Crippen LogP contribution in [0.5, 0.6) is 0 Å². The first kappa shape index (κ1) is 88.5. The molecule has 12 heteroatoms. The van der Waals surface area contributed by atoms with E-state index in [9.17, 15) is 28.8 Å². The van der Waals surface area contributed by atoms with Gasteiger partial charge in [-0.3, -0.25) is 0 Å². The highest BCUT2D eigenvalue weighted by Gasteiger charge is 2.20. The van der Waals surface area contributed by atoms with E-state index in [1.165, 1.54) is 116 Å². The summed E-state index contributed by atoms with van der Waals surface area (Å²) in [6.07, 6.45) is 37.4. The summed E-state index contributed by atoms with van der Waals surface area (Å²) >= 11 is 0. The standard InChI is InChI=1S/C28H46O4.C27H44O4.C26H42O4.CH4/c1-5-9-11-16-23(14-7-3)21-31-27(29)25-18-13-19-26(20-25)28(30)32-22-24(15-8-4)17-12-10-6-2;1-5-7-10-16-23(14-6-2)21-31-27(29)25-18-13-17-24(20-25)26(28)30-19-12-9-8-11-15-22(3)4;1-21(2)14-9-5-7-11-18-29-25(27)23-16-13-17-24(20-23)26(28)30-19-12-8-6-10-15-22(3)4;/h13,18-20,23-24H,5-12,14-17,21-22H2,1-4H3;13,17-18,20,22-23H,5-12,14-16,19,21H2,1-4H3;13,16-17,20-22H,5-12,14-15,18-19H2,1-4H3;1H4. The number of unbranched alkanes of at least 4 members (excludes halogenated alkanes) is 15. The summed E-state index contributed by atoms with van der Waals surface area (Å²) in [4.78, 5) is 74.4. The molecule has 0 N–H and O–H groups in total. The second kappa shape index (κ2) is 58.8. The summed E-state index contributed by atoms with van der Waals surface area (Å²) < 4.78 is 32.9. The molecule has 0 aliphatic heterocycles. The van der Waals surface area contributed by atoms with E-state index in [1.54, 1.807) is 72.8 Å². The van der Waals surface area contributed by atoms with Crippen molar-refractivity contribution in [1.29, 1.82) is 0 Å². The van der Waals surface area contributed by atoms with E-state index in [2.05, 4.69) is 83.1 Å². The van der Waals surface area contributed by atoms with Gasteiger partial charge < -0.3 is 28.4 Å². The van der Waals surface area contributed by atoms with Crippen molar-refractivity contribution in [1.82, 2.24) is 0 Å². The number of esters is 6. The maximum Gasteiger partial charge on any atom is 0.338 e. The van der Waals surface area contributed by atoms with Crippen LogP contribution in [0, 0.1) is 35.5 Å². The monoisotopic (exact) mass is 1310 g/mol. The molecule has 536 valence electrons. The number of ether oxygens (including phenoxy) is 6. The average Bonchev–Trinajstić information content (AvgIpc) is 2.14. The molecule has 0 bridgehead atoms. The molecule has 0 saturated carbocycles. The lowest BCUT2D eigenvalue weighted by atomic mass is 9.97. The third-order valence-corrected chi connectivity index (χ3v) is 16.8. The predicted molar refractivity (Wildman–Crippen MR) is 389 cm³/mol. The van der Waals surface area contributed by atoms with Gasteiger partial charge in [-0.2, -0.15) is 0 Å². The van der Waals surface area contributed by atoms with E-state index in [4.69, 9.17) is 28.4 Å². The zero-order chi connectivity index (χ0) is 68.7. The maximum atomic E-state index is 12.6. The Bertz CT molecular complexity index is 2290. The maximum absolute atomic E-state index is 12.6. The highest BCUT2D eigenvalue weighted by molar-refractivity contribution is 5.97. The van der Waals surface area contributed by atoms with Crippen molar-refractivity contribution in [3.8, 4) is 0 Å². The first-order valence-corrected chi connectivity index (χ1v) is 37.3. The summed E-state index contributed by atoms with van der Waals surface area (Å²) in [5, 5.41) is 0. The van der Waals surface area contributed by atoms with Crippen LogP contribution in [0.1, 0.15) is 365 Å². The summed E-state index contributed by atoms with van der Waals surface area (Å²) in [6.45, 7) is 29.1. The molecule has 3 atom stereocenters. The minimum atomic E-state index is -0.378. The molecule has 3 rings (SSSR count). The SMILES string of the molecule is C.CC(C)CCCCCCOC(=O)c1cccc(C(=O)OCCCCCCC(C)C)c1.CCCCCC(CCC)COC(=O)c1cccc(C(=O)OCC(CCC)CCCCC)c1.CCCCCC(CCC)COC(=O)c1cccc(C(=O)OCCCCCCC(C)C)c1. The van der Waals surface area contributed by atoms with E-state index in [0.29, 0.717) is 90.8 Å². The zero-order valence-corrected chi connectivity index (χ0v) is 60.9. The van der Waals surface area contributed by atoms with Crippen LogP contribution in [0.25, 0.3) is 0 Å². The largest absolute Gasteiger partial charge is 0.462 e. The Labute approximate surface area is 574 Å². The molecule has 0 spiro atoms. The Morgan fingerprint density at radius 2 is 0.479 bits per heavy atom. The van der Waals surface area contributed by atoms with Crippen LogP contribution in [-0.2, 0) is 28.4 Å². The van der Waals surface area contributed by atoms with Crippen molar-refractivity contribution in [3.63, 3.8) is 0 Å². The van der Waals surface area contributed by atoms with Gasteiger partial charge in [0, 0.05) is 0 Å². The minimum absolute atomic E-state index is 0. The highest BCUT2D eigenvalue weighted by atomic mass is 16.6. The molecule has 0 radical (unpaired) electrons. The van der Waals surface area contributed by atoms with E-state index < -0.39 is 0 Å². The molecule has 0 saturated heterocycles. The fraction of sp³-hybridized carbons (Fsp3) is 0.707. The molecule has 94 heavy (non-hydrogen) atoms. The van der Waals surface area contributed by atoms with Gasteiger partial charge in [-0.25, -0.2) is 28.8 Å².